The largest absolute Gasteiger partial charge is 0.394 e. The molecule has 2 unspecified atom stereocenters. The second-order valence-electron chi connectivity index (χ2n) is 4.16. The van der Waals surface area contributed by atoms with E-state index in [0.29, 0.717) is 5.75 Å². The normalized spacial score (nSPS) is 34.9. The number of amides is 1. The van der Waals surface area contributed by atoms with Crippen LogP contribution in [0.4, 0.5) is 0 Å². The van der Waals surface area contributed by atoms with Gasteiger partial charge in [-0.05, 0) is 5.75 Å². The molecule has 1 amide bonds. The summed E-state index contributed by atoms with van der Waals surface area (Å²) >= 11 is 17.7. The first kappa shape index (κ1) is 18.6. The summed E-state index contributed by atoms with van der Waals surface area (Å²) in [5.74, 6) is -0.294. The molecule has 1 fully saturated rings. The van der Waals surface area contributed by atoms with E-state index in [1.54, 1.807) is 0 Å². The van der Waals surface area contributed by atoms with Crippen molar-refractivity contribution in [2.24, 2.45) is 0 Å². The van der Waals surface area contributed by atoms with E-state index in [9.17, 15) is 15.0 Å². The zero-order valence-corrected chi connectivity index (χ0v) is 13.6. The third-order valence-electron chi connectivity index (χ3n) is 2.77. The Morgan fingerprint density at radius 3 is 2.40 bits per heavy atom. The molecule has 20 heavy (non-hydrogen) atoms. The third-order valence-corrected chi connectivity index (χ3v) is 4.35. The van der Waals surface area contributed by atoms with Crippen molar-refractivity contribution in [3.63, 3.8) is 0 Å². The van der Waals surface area contributed by atoms with Crippen molar-refractivity contribution in [2.75, 3.05) is 12.4 Å². The van der Waals surface area contributed by atoms with Crippen molar-refractivity contribution in [1.82, 2.24) is 5.32 Å². The van der Waals surface area contributed by atoms with Crippen LogP contribution in [0, 0.1) is 0 Å². The molecule has 0 radical (unpaired) electrons. The molecule has 1 aliphatic heterocycles. The number of nitrogens with one attached hydrogen (secondary N) is 1. The molecule has 0 aliphatic carbocycles. The zero-order chi connectivity index (χ0) is 15.5. The van der Waals surface area contributed by atoms with Gasteiger partial charge in [0, 0.05) is 0 Å². The number of carbonyl (C=O) groups excluding carboxylic acids is 1. The number of aliphatic hydroxyl groups is 3. The second-order valence-corrected chi connectivity index (χ2v) is 7.82. The maximum absolute atomic E-state index is 11.7. The van der Waals surface area contributed by atoms with E-state index in [4.69, 9.17) is 44.6 Å². The Bertz CT molecular complexity index is 343. The summed E-state index contributed by atoms with van der Waals surface area (Å²) < 4.78 is 3.26. The summed E-state index contributed by atoms with van der Waals surface area (Å²) in [6.45, 7) is 1.40. The molecule has 0 bridgehead atoms. The van der Waals surface area contributed by atoms with Crippen LogP contribution in [0.3, 0.4) is 0 Å². The van der Waals surface area contributed by atoms with Crippen LogP contribution in [0.25, 0.3) is 0 Å². The number of aliphatic hydroxyl groups excluding tert-OH is 3. The van der Waals surface area contributed by atoms with Gasteiger partial charge in [0.05, 0.1) is 12.6 Å². The minimum atomic E-state index is -2.18. The van der Waals surface area contributed by atoms with Crippen LogP contribution in [0.5, 0.6) is 0 Å². The van der Waals surface area contributed by atoms with Gasteiger partial charge >= 0.3 is 0 Å². The van der Waals surface area contributed by atoms with E-state index in [1.165, 1.54) is 11.8 Å². The highest BCUT2D eigenvalue weighted by atomic mass is 35.6. The lowest BCUT2D eigenvalue weighted by atomic mass is 9.98. The summed E-state index contributed by atoms with van der Waals surface area (Å²) in [5.41, 5.74) is -0.674. The predicted molar refractivity (Wildman–Crippen MR) is 78.1 cm³/mol. The summed E-state index contributed by atoms with van der Waals surface area (Å²) in [5, 5.41) is 31.3. The van der Waals surface area contributed by atoms with Gasteiger partial charge in [0.2, 0.25) is 0 Å². The Kier molecular flexibility index (Phi) is 7.14. The molecule has 1 heterocycles. The van der Waals surface area contributed by atoms with Gasteiger partial charge < -0.3 is 25.4 Å². The minimum absolute atomic E-state index is 0.454. The van der Waals surface area contributed by atoms with Crippen LogP contribution >= 0.6 is 46.6 Å². The van der Waals surface area contributed by atoms with E-state index in [2.05, 4.69) is 5.32 Å². The van der Waals surface area contributed by atoms with E-state index in [1.807, 2.05) is 6.92 Å². The molecule has 0 aromatic carbocycles. The van der Waals surface area contributed by atoms with Gasteiger partial charge in [0.1, 0.15) is 23.7 Å². The van der Waals surface area contributed by atoms with Crippen LogP contribution < -0.4 is 5.32 Å². The fourth-order valence-electron chi connectivity index (χ4n) is 1.78. The Hall–Kier alpha value is 0.530. The average molecular weight is 369 g/mol. The fraction of sp³-hybridized carbons (Fsp3) is 0.900. The Balaban J connectivity index is 2.86. The maximum atomic E-state index is 11.7. The summed E-state index contributed by atoms with van der Waals surface area (Å²) in [6.07, 6.45) is -3.63. The quantitative estimate of drug-likeness (QED) is 0.523. The Morgan fingerprint density at radius 1 is 1.35 bits per heavy atom. The van der Waals surface area contributed by atoms with Gasteiger partial charge in [0.15, 0.2) is 0 Å². The van der Waals surface area contributed by atoms with E-state index < -0.39 is 46.1 Å². The van der Waals surface area contributed by atoms with Crippen molar-refractivity contribution in [2.45, 2.75) is 40.5 Å². The number of hydrogen-bond acceptors (Lipinski definition) is 6. The number of hydrogen-bond donors (Lipinski definition) is 4. The number of carbonyl (C=O) groups is 1. The highest BCUT2D eigenvalue weighted by Gasteiger charge is 2.46. The molecular weight excluding hydrogens is 353 g/mol. The highest BCUT2D eigenvalue weighted by molar-refractivity contribution is 7.99. The third kappa shape index (κ3) is 4.51. The van der Waals surface area contributed by atoms with Gasteiger partial charge in [0.25, 0.3) is 9.70 Å². The molecule has 1 aliphatic rings. The summed E-state index contributed by atoms with van der Waals surface area (Å²) in [4.78, 5) is 11.7. The Labute approximate surface area is 135 Å². The van der Waals surface area contributed by atoms with Crippen molar-refractivity contribution in [3.8, 4) is 0 Å². The molecule has 1 rings (SSSR count). The molecular formula is C10H16Cl3NO5S. The molecule has 0 aromatic heterocycles. The van der Waals surface area contributed by atoms with Crippen LogP contribution in [0.2, 0.25) is 0 Å². The zero-order valence-electron chi connectivity index (χ0n) is 10.5. The van der Waals surface area contributed by atoms with E-state index >= 15 is 0 Å². The molecule has 10 heteroatoms. The molecule has 1 saturated heterocycles. The van der Waals surface area contributed by atoms with Crippen molar-refractivity contribution in [3.05, 3.63) is 0 Å². The van der Waals surface area contributed by atoms with Gasteiger partial charge in [-0.2, -0.15) is 0 Å². The van der Waals surface area contributed by atoms with Crippen LogP contribution in [0.1, 0.15) is 6.92 Å². The molecule has 6 nitrogen and oxygen atoms in total. The number of thioether (sulfide) groups is 1. The number of rotatable bonds is 4. The van der Waals surface area contributed by atoms with E-state index in [0.717, 1.165) is 0 Å². The first-order valence-corrected chi connectivity index (χ1v) is 8.02. The van der Waals surface area contributed by atoms with Crippen molar-refractivity contribution in [1.29, 1.82) is 0 Å². The van der Waals surface area contributed by atoms with Gasteiger partial charge in [-0.1, -0.05) is 41.7 Å². The highest BCUT2D eigenvalue weighted by Crippen LogP contribution is 2.31. The maximum Gasteiger partial charge on any atom is 0.272 e. The van der Waals surface area contributed by atoms with E-state index in [-0.39, 0.29) is 0 Å². The second kappa shape index (κ2) is 7.69. The van der Waals surface area contributed by atoms with Gasteiger partial charge in [-0.3, -0.25) is 4.79 Å². The van der Waals surface area contributed by atoms with Crippen LogP contribution in [-0.4, -0.2) is 67.2 Å². The van der Waals surface area contributed by atoms with Gasteiger partial charge in [-0.25, -0.2) is 0 Å². The molecule has 0 spiro atoms. The monoisotopic (exact) mass is 367 g/mol. The summed E-state index contributed by atoms with van der Waals surface area (Å²) in [6, 6.07) is -0.958. The Morgan fingerprint density at radius 2 is 1.95 bits per heavy atom. The average Bonchev–Trinajstić information content (AvgIpc) is 2.36. The lowest BCUT2D eigenvalue weighted by Gasteiger charge is -2.42. The standard InChI is InChI=1S/C10H16Cl3NO5S/c1-2-20-8-5(14-9(18)10(11,12)13)7(17)6(16)4(3-15)19-8/h4-8,15-17H,2-3H2,1H3,(H,14,18)/t4?,5?,6-,7+,8+/m1/s1. The molecule has 118 valence electrons. The van der Waals surface area contributed by atoms with Gasteiger partial charge in [-0.15, -0.1) is 11.8 Å². The lowest BCUT2D eigenvalue weighted by molar-refractivity contribution is -0.173. The first-order valence-electron chi connectivity index (χ1n) is 5.84. The smallest absolute Gasteiger partial charge is 0.272 e. The van der Waals surface area contributed by atoms with Crippen molar-refractivity contribution < 1.29 is 24.9 Å². The number of halogens is 3. The molecule has 4 N–H and O–H groups in total. The fourth-order valence-corrected chi connectivity index (χ4v) is 2.93. The molecule has 0 aromatic rings. The van der Waals surface area contributed by atoms with Crippen molar-refractivity contribution >= 4 is 52.5 Å². The SMILES string of the molecule is CCS[C@@H]1OC(CO)[C@@H](O)[C@@H](O)C1NC(=O)C(Cl)(Cl)Cl. The minimum Gasteiger partial charge on any atom is -0.394 e. The lowest BCUT2D eigenvalue weighted by Crippen LogP contribution is -2.64. The summed E-state index contributed by atoms with van der Waals surface area (Å²) in [7, 11) is 0. The molecule has 5 atom stereocenters. The number of alkyl halides is 3. The molecule has 0 saturated carbocycles. The first-order chi connectivity index (χ1) is 9.22. The predicted octanol–water partition coefficient (Wildman–Crippen LogP) is 0.0335. The number of ether oxygens (including phenoxy) is 1. The van der Waals surface area contributed by atoms with Crippen LogP contribution in [-0.2, 0) is 9.53 Å². The van der Waals surface area contributed by atoms with Crippen LogP contribution in [0.15, 0.2) is 0 Å². The topological polar surface area (TPSA) is 99.0 Å².